The lowest BCUT2D eigenvalue weighted by Crippen LogP contribution is -2.35. The van der Waals surface area contributed by atoms with Crippen molar-refractivity contribution in [1.29, 1.82) is 0 Å². The lowest BCUT2D eigenvalue weighted by Gasteiger charge is -2.25. The number of amides is 2. The van der Waals surface area contributed by atoms with Crippen molar-refractivity contribution in [1.82, 2.24) is 10.6 Å². The fourth-order valence-corrected chi connectivity index (χ4v) is 4.60. The first-order valence-corrected chi connectivity index (χ1v) is 12.4. The minimum Gasteiger partial charge on any atom is -0.442 e. The summed E-state index contributed by atoms with van der Waals surface area (Å²) in [6.45, 7) is 2.05. The Bertz CT molecular complexity index is 1320. The number of morpholine rings is 1. The second-order valence-corrected chi connectivity index (χ2v) is 9.17. The molecule has 2 fully saturated rings. The highest BCUT2D eigenvalue weighted by Crippen LogP contribution is 2.28. The second kappa shape index (κ2) is 11.1. The van der Waals surface area contributed by atoms with Crippen molar-refractivity contribution in [3.8, 4) is 0 Å². The number of halogens is 1. The normalized spacial score (nSPS) is 19.6. The molecule has 37 heavy (non-hydrogen) atoms. The van der Waals surface area contributed by atoms with Gasteiger partial charge in [0.1, 0.15) is 11.9 Å². The minimum absolute atomic E-state index is 0.0286. The zero-order valence-electron chi connectivity index (χ0n) is 20.2. The number of rotatable bonds is 8. The fourth-order valence-electron chi connectivity index (χ4n) is 4.60. The number of hydrogen-bond acceptors (Lipinski definition) is 6. The Labute approximate surface area is 213 Å². The van der Waals surface area contributed by atoms with Gasteiger partial charge < -0.3 is 20.1 Å². The molecular weight excluding hydrogens is 477 g/mol. The molecule has 2 aliphatic rings. The van der Waals surface area contributed by atoms with Crippen LogP contribution in [-0.4, -0.2) is 56.7 Å². The van der Waals surface area contributed by atoms with Crippen molar-refractivity contribution < 1.29 is 28.2 Å². The van der Waals surface area contributed by atoms with E-state index in [2.05, 4.69) is 10.6 Å². The Hall–Kier alpha value is -3.82. The van der Waals surface area contributed by atoms with Gasteiger partial charge in [0.15, 0.2) is 5.78 Å². The SMILES string of the molecule is O=C(CCC(=O)c1ccc2ccccc2c1)NCC1CN(c2ccc(C3CNCCO3)c(F)c2)C(=O)O1. The van der Waals surface area contributed by atoms with Gasteiger partial charge in [0.25, 0.3) is 0 Å². The van der Waals surface area contributed by atoms with E-state index in [4.69, 9.17) is 9.47 Å². The molecule has 3 aromatic rings. The molecule has 9 heteroatoms. The van der Waals surface area contributed by atoms with Gasteiger partial charge in [-0.3, -0.25) is 14.5 Å². The predicted octanol–water partition coefficient (Wildman–Crippen LogP) is 3.74. The predicted molar refractivity (Wildman–Crippen MR) is 136 cm³/mol. The maximum Gasteiger partial charge on any atom is 0.414 e. The van der Waals surface area contributed by atoms with Crippen molar-refractivity contribution in [3.63, 3.8) is 0 Å². The molecule has 8 nitrogen and oxygen atoms in total. The molecule has 2 aliphatic heterocycles. The highest BCUT2D eigenvalue weighted by molar-refractivity contribution is 6.01. The first-order valence-electron chi connectivity index (χ1n) is 12.4. The van der Waals surface area contributed by atoms with E-state index in [1.807, 2.05) is 36.4 Å². The number of carbonyl (C=O) groups excluding carboxylic acids is 3. The van der Waals surface area contributed by atoms with Crippen molar-refractivity contribution in [2.45, 2.75) is 25.0 Å². The molecule has 0 radical (unpaired) electrons. The Morgan fingerprint density at radius 2 is 1.89 bits per heavy atom. The first-order chi connectivity index (χ1) is 18.0. The molecule has 2 unspecified atom stereocenters. The summed E-state index contributed by atoms with van der Waals surface area (Å²) in [4.78, 5) is 38.6. The number of carbonyl (C=O) groups is 3. The van der Waals surface area contributed by atoms with Crippen LogP contribution in [0.5, 0.6) is 0 Å². The van der Waals surface area contributed by atoms with Crippen LogP contribution in [0.15, 0.2) is 60.7 Å². The van der Waals surface area contributed by atoms with E-state index in [9.17, 15) is 18.8 Å². The third-order valence-corrected chi connectivity index (χ3v) is 6.62. The standard InChI is InChI=1S/C28H28FN3O5/c29-24-14-21(7-8-23(24)26-16-30-11-12-36-26)32-17-22(37-28(32)35)15-31-27(34)10-9-25(33)20-6-5-18-3-1-2-4-19(18)13-20/h1-8,13-14,22,26,30H,9-12,15-17H2,(H,31,34). The molecule has 0 aromatic heterocycles. The Kier molecular flexibility index (Phi) is 7.43. The van der Waals surface area contributed by atoms with E-state index in [0.29, 0.717) is 30.0 Å². The zero-order valence-corrected chi connectivity index (χ0v) is 20.2. The number of fused-ring (bicyclic) bond motifs is 1. The van der Waals surface area contributed by atoms with E-state index in [1.54, 1.807) is 18.2 Å². The Morgan fingerprint density at radius 3 is 2.68 bits per heavy atom. The van der Waals surface area contributed by atoms with Crippen molar-refractivity contribution in [3.05, 3.63) is 77.6 Å². The number of nitrogens with one attached hydrogen (secondary N) is 2. The van der Waals surface area contributed by atoms with Gasteiger partial charge in [-0.25, -0.2) is 9.18 Å². The summed E-state index contributed by atoms with van der Waals surface area (Å²) in [5.41, 5.74) is 1.38. The van der Waals surface area contributed by atoms with Crippen LogP contribution in [-0.2, 0) is 14.3 Å². The summed E-state index contributed by atoms with van der Waals surface area (Å²) < 4.78 is 25.7. The van der Waals surface area contributed by atoms with Crippen LogP contribution in [0.4, 0.5) is 14.9 Å². The van der Waals surface area contributed by atoms with E-state index < -0.39 is 18.0 Å². The van der Waals surface area contributed by atoms with Gasteiger partial charge in [0, 0.05) is 37.1 Å². The third-order valence-electron chi connectivity index (χ3n) is 6.62. The number of ether oxygens (including phenoxy) is 2. The summed E-state index contributed by atoms with van der Waals surface area (Å²) >= 11 is 0. The maximum atomic E-state index is 14.7. The van der Waals surface area contributed by atoms with E-state index >= 15 is 0 Å². The quantitative estimate of drug-likeness (QED) is 0.453. The van der Waals surface area contributed by atoms with Gasteiger partial charge in [0.05, 0.1) is 31.5 Å². The fraction of sp³-hybridized carbons (Fsp3) is 0.321. The largest absolute Gasteiger partial charge is 0.442 e. The molecule has 5 rings (SSSR count). The number of benzene rings is 3. The molecule has 2 heterocycles. The summed E-state index contributed by atoms with van der Waals surface area (Å²) in [5, 5.41) is 7.91. The van der Waals surface area contributed by atoms with E-state index in [0.717, 1.165) is 17.3 Å². The number of nitrogens with zero attached hydrogens (tertiary/aromatic N) is 1. The molecule has 192 valence electrons. The van der Waals surface area contributed by atoms with Gasteiger partial charge in [-0.15, -0.1) is 0 Å². The first kappa shape index (κ1) is 24.9. The van der Waals surface area contributed by atoms with E-state index in [1.165, 1.54) is 11.0 Å². The molecule has 0 bridgehead atoms. The molecule has 0 saturated carbocycles. The molecule has 0 spiro atoms. The molecule has 2 amide bonds. The van der Waals surface area contributed by atoms with Crippen molar-refractivity contribution in [2.24, 2.45) is 0 Å². The summed E-state index contributed by atoms with van der Waals surface area (Å²) in [6, 6.07) is 17.8. The summed E-state index contributed by atoms with van der Waals surface area (Å²) in [6.07, 6.45) is -1.45. The van der Waals surface area contributed by atoms with Crippen LogP contribution < -0.4 is 15.5 Å². The maximum absolute atomic E-state index is 14.7. The van der Waals surface area contributed by atoms with Crippen LogP contribution in [0.25, 0.3) is 10.8 Å². The van der Waals surface area contributed by atoms with Gasteiger partial charge in [-0.1, -0.05) is 42.5 Å². The summed E-state index contributed by atoms with van der Waals surface area (Å²) in [5.74, 6) is -0.869. The van der Waals surface area contributed by atoms with Crippen LogP contribution in [0.1, 0.15) is 34.9 Å². The van der Waals surface area contributed by atoms with Crippen LogP contribution in [0.2, 0.25) is 0 Å². The lowest BCUT2D eigenvalue weighted by molar-refractivity contribution is -0.121. The monoisotopic (exact) mass is 505 g/mol. The highest BCUT2D eigenvalue weighted by atomic mass is 19.1. The highest BCUT2D eigenvalue weighted by Gasteiger charge is 2.33. The zero-order chi connectivity index (χ0) is 25.8. The third kappa shape index (κ3) is 5.79. The van der Waals surface area contributed by atoms with Crippen molar-refractivity contribution in [2.75, 3.05) is 37.7 Å². The van der Waals surface area contributed by atoms with Gasteiger partial charge >= 0.3 is 6.09 Å². The average molecular weight is 506 g/mol. The number of ketones is 1. The lowest BCUT2D eigenvalue weighted by atomic mass is 10.0. The number of Topliss-reactive ketones (excluding diaryl/α,β-unsaturated/α-hetero) is 1. The van der Waals surface area contributed by atoms with Gasteiger partial charge in [0.2, 0.25) is 5.91 Å². The minimum atomic E-state index is -0.603. The molecule has 2 N–H and O–H groups in total. The number of hydrogen-bond donors (Lipinski definition) is 2. The Balaban J connectivity index is 1.10. The van der Waals surface area contributed by atoms with Crippen LogP contribution >= 0.6 is 0 Å². The van der Waals surface area contributed by atoms with Gasteiger partial charge in [-0.2, -0.15) is 0 Å². The molecule has 0 aliphatic carbocycles. The van der Waals surface area contributed by atoms with Crippen LogP contribution in [0, 0.1) is 5.82 Å². The molecule has 3 aromatic carbocycles. The molecule has 2 saturated heterocycles. The average Bonchev–Trinajstić information content (AvgIpc) is 3.31. The number of cyclic esters (lactones) is 1. The molecule has 2 atom stereocenters. The van der Waals surface area contributed by atoms with E-state index in [-0.39, 0.29) is 43.7 Å². The Morgan fingerprint density at radius 1 is 1.05 bits per heavy atom. The second-order valence-electron chi connectivity index (χ2n) is 9.17. The van der Waals surface area contributed by atoms with Crippen LogP contribution in [0.3, 0.4) is 0 Å². The molecular formula is C28H28FN3O5. The van der Waals surface area contributed by atoms with Gasteiger partial charge in [-0.05, 0) is 29.0 Å². The topological polar surface area (TPSA) is 97.0 Å². The summed E-state index contributed by atoms with van der Waals surface area (Å²) in [7, 11) is 0. The smallest absolute Gasteiger partial charge is 0.414 e. The number of anilines is 1. The van der Waals surface area contributed by atoms with Crippen molar-refractivity contribution >= 4 is 34.2 Å².